The molecule has 0 aromatic rings. The molecule has 3 N–H and O–H groups in total. The fourth-order valence-electron chi connectivity index (χ4n) is 1.59. The van der Waals surface area contributed by atoms with E-state index in [-0.39, 0.29) is 25.9 Å². The van der Waals surface area contributed by atoms with Gasteiger partial charge in [0, 0.05) is 6.42 Å². The van der Waals surface area contributed by atoms with Crippen molar-refractivity contribution in [2.24, 2.45) is 0 Å². The molecule has 8 heteroatoms. The smallest absolute Gasteiger partial charge is 1.00 e. The van der Waals surface area contributed by atoms with Crippen molar-refractivity contribution in [3.8, 4) is 0 Å². The van der Waals surface area contributed by atoms with Crippen LogP contribution in [0.2, 0.25) is 0 Å². The second kappa shape index (κ2) is 17.2. The minimum absolute atomic E-state index is 0. The summed E-state index contributed by atoms with van der Waals surface area (Å²) in [4.78, 5) is 10.2. The summed E-state index contributed by atoms with van der Waals surface area (Å²) in [7, 11) is -4.67. The number of carbonyl (C=O) groups is 1. The Kier molecular flexibility index (Phi) is 21.5. The summed E-state index contributed by atoms with van der Waals surface area (Å²) in [6, 6.07) is 0. The Morgan fingerprint density at radius 1 is 0.900 bits per heavy atom. The van der Waals surface area contributed by atoms with Gasteiger partial charge in [0.1, 0.15) is 0 Å². The molecule has 0 bridgehead atoms. The van der Waals surface area contributed by atoms with Crippen molar-refractivity contribution in [2.75, 3.05) is 0 Å². The maximum absolute atomic E-state index is 10.2. The van der Waals surface area contributed by atoms with E-state index in [0.717, 1.165) is 12.8 Å². The third-order valence-electron chi connectivity index (χ3n) is 2.49. The van der Waals surface area contributed by atoms with Crippen molar-refractivity contribution in [1.82, 2.24) is 0 Å². The molecular weight excluding hydrogens is 296 g/mol. The average Bonchev–Trinajstić information content (AvgIpc) is 2.24. The molecule has 6 nitrogen and oxygen atoms in total. The predicted octanol–water partition coefficient (Wildman–Crippen LogP) is 3.18. The van der Waals surface area contributed by atoms with Crippen LogP contribution >= 0.6 is 0 Å². The van der Waals surface area contributed by atoms with Crippen molar-refractivity contribution >= 4 is 39.4 Å². The first kappa shape index (κ1) is 25.1. The van der Waals surface area contributed by atoms with Gasteiger partial charge in [0.05, 0.1) is 0 Å². The van der Waals surface area contributed by atoms with E-state index in [1.165, 1.54) is 44.9 Å². The Labute approximate surface area is 141 Å². The van der Waals surface area contributed by atoms with E-state index in [0.29, 0.717) is 6.42 Å². The van der Waals surface area contributed by atoms with Crippen LogP contribution < -0.4 is 0 Å². The minimum Gasteiger partial charge on any atom is -1.00 e. The molecule has 0 atom stereocenters. The zero-order valence-electron chi connectivity index (χ0n) is 14.3. The molecule has 0 aliphatic heterocycles. The molecule has 0 radical (unpaired) electrons. The van der Waals surface area contributed by atoms with Crippen LogP contribution in [0, 0.1) is 0 Å². The van der Waals surface area contributed by atoms with Crippen molar-refractivity contribution < 1.29 is 30.3 Å². The first-order valence-corrected chi connectivity index (χ1v) is 8.08. The van der Waals surface area contributed by atoms with E-state index in [1.54, 1.807) is 0 Å². The molecule has 0 amide bonds. The second-order valence-corrected chi connectivity index (χ2v) is 5.32. The zero-order valence-corrected chi connectivity index (χ0v) is 14.5. The van der Waals surface area contributed by atoms with Gasteiger partial charge in [-0.3, -0.25) is 13.9 Å². The molecule has 20 heavy (non-hydrogen) atoms. The van der Waals surface area contributed by atoms with Gasteiger partial charge in [0.25, 0.3) is 0 Å². The summed E-state index contributed by atoms with van der Waals surface area (Å²) in [6.07, 6.45) is 11.5. The summed E-state index contributed by atoms with van der Waals surface area (Å²) in [6.45, 7) is 2.23. The fourth-order valence-corrected chi connectivity index (χ4v) is 1.59. The summed E-state index contributed by atoms with van der Waals surface area (Å²) >= 11 is 0. The van der Waals surface area contributed by atoms with E-state index in [4.69, 9.17) is 22.6 Å². The molecule has 0 unspecified atom stereocenters. The maximum Gasteiger partial charge on any atom is 2.00 e. The Bertz CT molecular complexity index is 307. The molecule has 0 aromatic heterocycles. The van der Waals surface area contributed by atoms with Crippen LogP contribution in [0.4, 0.5) is 0 Å². The normalized spacial score (nSPS) is 10.2. The summed E-state index contributed by atoms with van der Waals surface area (Å²) < 4.78 is 31.6. The zero-order chi connectivity index (χ0) is 15.1. The third-order valence-corrected chi connectivity index (χ3v) is 2.49. The molecule has 0 rings (SSSR count). The van der Waals surface area contributed by atoms with Gasteiger partial charge in [-0.25, -0.2) is 0 Å². The van der Waals surface area contributed by atoms with Crippen LogP contribution in [0.3, 0.4) is 0 Å². The van der Waals surface area contributed by atoms with Gasteiger partial charge in [0.15, 0.2) is 0 Å². The van der Waals surface area contributed by atoms with Crippen LogP contribution in [-0.4, -0.2) is 51.7 Å². The molecule has 0 aliphatic carbocycles. The summed E-state index contributed by atoms with van der Waals surface area (Å²) in [5.41, 5.74) is 0. The van der Waals surface area contributed by atoms with Gasteiger partial charge in [-0.05, 0) is 6.42 Å². The molecular formula is C12H28MgO6S. The molecule has 0 fully saturated rings. The molecule has 0 spiro atoms. The molecule has 0 saturated heterocycles. The number of hydrogen-bond donors (Lipinski definition) is 3. The Hall–Kier alpha value is 0.106. The van der Waals surface area contributed by atoms with Gasteiger partial charge in [-0.2, -0.15) is 8.42 Å². The van der Waals surface area contributed by atoms with E-state index in [1.807, 2.05) is 0 Å². The van der Waals surface area contributed by atoms with Crippen LogP contribution in [0.25, 0.3) is 0 Å². The van der Waals surface area contributed by atoms with Crippen molar-refractivity contribution in [1.29, 1.82) is 0 Å². The number of aliphatic carboxylic acids is 1. The van der Waals surface area contributed by atoms with Crippen molar-refractivity contribution in [3.63, 3.8) is 0 Å². The van der Waals surface area contributed by atoms with E-state index >= 15 is 0 Å². The van der Waals surface area contributed by atoms with Crippen molar-refractivity contribution in [2.45, 2.75) is 71.1 Å². The van der Waals surface area contributed by atoms with Gasteiger partial charge in [-0.15, -0.1) is 0 Å². The molecule has 0 aliphatic rings. The molecule has 0 saturated carbocycles. The summed E-state index contributed by atoms with van der Waals surface area (Å²) in [5.74, 6) is -0.659. The minimum atomic E-state index is -4.67. The van der Waals surface area contributed by atoms with Crippen LogP contribution in [0.1, 0.15) is 74.0 Å². The second-order valence-electron chi connectivity index (χ2n) is 4.42. The SMILES string of the molecule is CCCCCCCCCCCC(=O)O.O=S(=O)(O)O.[H-].[H-].[Mg+2]. The molecule has 120 valence electrons. The average molecular weight is 325 g/mol. The molecule has 0 aromatic carbocycles. The first-order valence-electron chi connectivity index (χ1n) is 6.69. The van der Waals surface area contributed by atoms with E-state index < -0.39 is 16.4 Å². The third kappa shape index (κ3) is 43.0. The number of carboxylic acid groups (broad SMARTS) is 1. The number of unbranched alkanes of at least 4 members (excludes halogenated alkanes) is 8. The van der Waals surface area contributed by atoms with Crippen LogP contribution in [-0.2, 0) is 15.2 Å². The standard InChI is InChI=1S/C12H24O2.Mg.H2O4S.2H/c1-2-3-4-5-6-7-8-9-10-11-12(13)14;;1-5(2,3)4;;/h2-11H2,1H3,(H,13,14);;(H2,1,2,3,4);;/q;+2;;2*-1. The number of hydrogen-bond acceptors (Lipinski definition) is 3. The largest absolute Gasteiger partial charge is 2.00 e. The first-order chi connectivity index (χ1) is 8.77. The monoisotopic (exact) mass is 324 g/mol. The Balaban J connectivity index is -0.000000105. The van der Waals surface area contributed by atoms with Crippen LogP contribution in [0.15, 0.2) is 0 Å². The topological polar surface area (TPSA) is 112 Å². The molecule has 0 heterocycles. The van der Waals surface area contributed by atoms with Gasteiger partial charge in [-0.1, -0.05) is 58.3 Å². The number of rotatable bonds is 10. The quantitative estimate of drug-likeness (QED) is 0.323. The Morgan fingerprint density at radius 3 is 1.50 bits per heavy atom. The van der Waals surface area contributed by atoms with E-state index in [9.17, 15) is 4.79 Å². The predicted molar refractivity (Wildman–Crippen MR) is 81.6 cm³/mol. The van der Waals surface area contributed by atoms with E-state index in [2.05, 4.69) is 6.92 Å². The maximum atomic E-state index is 10.2. The van der Waals surface area contributed by atoms with Crippen LogP contribution in [0.5, 0.6) is 0 Å². The van der Waals surface area contributed by atoms with Crippen molar-refractivity contribution in [3.05, 3.63) is 0 Å². The van der Waals surface area contributed by atoms with Gasteiger partial charge >= 0.3 is 39.4 Å². The van der Waals surface area contributed by atoms with Gasteiger partial charge in [0.2, 0.25) is 0 Å². The fraction of sp³-hybridized carbons (Fsp3) is 0.917. The van der Waals surface area contributed by atoms with Gasteiger partial charge < -0.3 is 7.96 Å². The Morgan fingerprint density at radius 2 is 1.20 bits per heavy atom. The summed E-state index contributed by atoms with van der Waals surface area (Å²) in [5, 5.41) is 8.41. The number of carboxylic acids is 1.